The van der Waals surface area contributed by atoms with Crippen molar-refractivity contribution in [3.63, 3.8) is 0 Å². The van der Waals surface area contributed by atoms with Crippen molar-refractivity contribution in [2.75, 3.05) is 0 Å². The van der Waals surface area contributed by atoms with Crippen LogP contribution in [-0.2, 0) is 11.2 Å². The molecule has 3 rings (SSSR count). The van der Waals surface area contributed by atoms with Crippen LogP contribution in [0.5, 0.6) is 17.2 Å². The van der Waals surface area contributed by atoms with Gasteiger partial charge in [-0.3, -0.25) is 0 Å². The van der Waals surface area contributed by atoms with Crippen LogP contribution in [0, 0.1) is 0 Å². The largest absolute Gasteiger partial charge is 0.504 e. The molecule has 120 valence electrons. The molecule has 0 saturated carbocycles. The average molecular weight is 318 g/mol. The van der Waals surface area contributed by atoms with Crippen molar-refractivity contribution >= 4 is 11.5 Å². The number of hydrogen-bond acceptors (Lipinski definition) is 3. The predicted octanol–water partition coefficient (Wildman–Crippen LogP) is 4.85. The zero-order valence-corrected chi connectivity index (χ0v) is 13.5. The van der Waals surface area contributed by atoms with Crippen LogP contribution in [0.4, 0.5) is 0 Å². The molecule has 0 saturated heterocycles. The molecule has 2 aromatic rings. The minimum absolute atomic E-state index is 0.144. The second-order valence-electron chi connectivity index (χ2n) is 5.56. The van der Waals surface area contributed by atoms with E-state index < -0.39 is 0 Å². The van der Waals surface area contributed by atoms with E-state index in [0.717, 1.165) is 16.7 Å². The lowest BCUT2D eigenvalue weighted by molar-refractivity contribution is 0.407. The summed E-state index contributed by atoms with van der Waals surface area (Å²) in [6.07, 6.45) is 6.74. The lowest BCUT2D eigenvalue weighted by atomic mass is 9.90. The number of phenols is 1. The van der Waals surface area contributed by atoms with Crippen LogP contribution < -0.4 is 4.74 Å². The molecule has 0 fully saturated rings. The third-order valence-electron chi connectivity index (χ3n) is 4.02. The number of allylic oxidation sites excluding steroid dienone is 5. The Morgan fingerprint density at radius 3 is 2.67 bits per heavy atom. The van der Waals surface area contributed by atoms with Crippen LogP contribution in [-0.4, -0.2) is 11.0 Å². The van der Waals surface area contributed by atoms with Gasteiger partial charge in [0.2, 0.25) is 0 Å². The Morgan fingerprint density at radius 2 is 1.96 bits per heavy atom. The standard InChI is InChI=1S/C21H18O3/c1-2-18-19(16-8-6-7-15(13-16)14-22)11-12-20(21(18)23)24-17-9-4-3-5-10-17/h3-12,23H,2,13H2,1H3. The first kappa shape index (κ1) is 15.9. The van der Waals surface area contributed by atoms with E-state index in [-0.39, 0.29) is 5.75 Å². The maximum Gasteiger partial charge on any atom is 0.169 e. The molecule has 3 heteroatoms. The molecule has 0 aliphatic heterocycles. The summed E-state index contributed by atoms with van der Waals surface area (Å²) in [4.78, 5) is 10.9. The van der Waals surface area contributed by atoms with E-state index in [4.69, 9.17) is 4.74 Å². The minimum atomic E-state index is 0.144. The van der Waals surface area contributed by atoms with Crippen LogP contribution >= 0.6 is 0 Å². The first-order valence-electron chi connectivity index (χ1n) is 7.92. The van der Waals surface area contributed by atoms with E-state index >= 15 is 0 Å². The first-order valence-corrected chi connectivity index (χ1v) is 7.92. The number of hydrogen-bond donors (Lipinski definition) is 1. The zero-order chi connectivity index (χ0) is 16.9. The summed E-state index contributed by atoms with van der Waals surface area (Å²) in [7, 11) is 0. The van der Waals surface area contributed by atoms with E-state index in [2.05, 4.69) is 0 Å². The van der Waals surface area contributed by atoms with E-state index in [0.29, 0.717) is 29.9 Å². The van der Waals surface area contributed by atoms with Crippen LogP contribution in [0.25, 0.3) is 5.57 Å². The number of para-hydroxylation sites is 1. The molecule has 3 nitrogen and oxygen atoms in total. The lowest BCUT2D eigenvalue weighted by Gasteiger charge is -2.17. The number of ether oxygens (including phenoxy) is 1. The van der Waals surface area contributed by atoms with E-state index in [1.807, 2.05) is 61.4 Å². The van der Waals surface area contributed by atoms with Gasteiger partial charge in [-0.1, -0.05) is 43.3 Å². The Kier molecular flexibility index (Phi) is 4.64. The van der Waals surface area contributed by atoms with Gasteiger partial charge >= 0.3 is 0 Å². The topological polar surface area (TPSA) is 46.5 Å². The summed E-state index contributed by atoms with van der Waals surface area (Å²) in [6, 6.07) is 13.1. The third-order valence-corrected chi connectivity index (χ3v) is 4.02. The van der Waals surface area contributed by atoms with Gasteiger partial charge in [0, 0.05) is 17.6 Å². The number of benzene rings is 2. The fraction of sp³-hybridized carbons (Fsp3) is 0.143. The molecule has 0 bridgehead atoms. The lowest BCUT2D eigenvalue weighted by Crippen LogP contribution is -1.98. The summed E-state index contributed by atoms with van der Waals surface area (Å²) in [6.45, 7) is 1.99. The van der Waals surface area contributed by atoms with Crippen molar-refractivity contribution in [2.45, 2.75) is 19.8 Å². The molecule has 0 spiro atoms. The van der Waals surface area contributed by atoms with E-state index in [1.54, 1.807) is 12.1 Å². The van der Waals surface area contributed by atoms with Crippen molar-refractivity contribution in [3.8, 4) is 17.2 Å². The highest BCUT2D eigenvalue weighted by molar-refractivity contribution is 5.79. The van der Waals surface area contributed by atoms with E-state index in [1.165, 1.54) is 0 Å². The summed E-state index contributed by atoms with van der Waals surface area (Å²) < 4.78 is 5.79. The third kappa shape index (κ3) is 3.17. The van der Waals surface area contributed by atoms with Gasteiger partial charge in [-0.15, -0.1) is 0 Å². The Morgan fingerprint density at radius 1 is 1.17 bits per heavy atom. The zero-order valence-electron chi connectivity index (χ0n) is 13.5. The van der Waals surface area contributed by atoms with Crippen molar-refractivity contribution in [1.82, 2.24) is 0 Å². The molecular formula is C21H18O3. The second-order valence-corrected chi connectivity index (χ2v) is 5.56. The molecule has 0 unspecified atom stereocenters. The average Bonchev–Trinajstić information content (AvgIpc) is 2.64. The molecule has 2 aromatic carbocycles. The van der Waals surface area contributed by atoms with Crippen LogP contribution in [0.3, 0.4) is 0 Å². The van der Waals surface area contributed by atoms with Gasteiger partial charge in [0.25, 0.3) is 0 Å². The normalized spacial score (nSPS) is 13.4. The van der Waals surface area contributed by atoms with Gasteiger partial charge in [-0.25, -0.2) is 4.79 Å². The summed E-state index contributed by atoms with van der Waals surface area (Å²) in [5, 5.41) is 10.6. The molecule has 0 aromatic heterocycles. The molecule has 0 radical (unpaired) electrons. The molecular weight excluding hydrogens is 300 g/mol. The van der Waals surface area contributed by atoms with Gasteiger partial charge in [-0.05, 0) is 41.8 Å². The molecule has 0 amide bonds. The molecule has 0 atom stereocenters. The summed E-state index contributed by atoms with van der Waals surface area (Å²) in [5.41, 5.74) is 3.36. The fourth-order valence-electron chi connectivity index (χ4n) is 2.83. The number of carbonyl (C=O) groups excluding carboxylic acids is 1. The highest BCUT2D eigenvalue weighted by atomic mass is 16.5. The Bertz CT molecular complexity index is 854. The molecule has 0 heterocycles. The molecule has 24 heavy (non-hydrogen) atoms. The van der Waals surface area contributed by atoms with Gasteiger partial charge in [0.15, 0.2) is 11.5 Å². The SMILES string of the molecule is CCc1c(C2=CC=CC(=C=O)C2)ccc(Oc2ccccc2)c1O. The fourth-order valence-corrected chi connectivity index (χ4v) is 2.83. The highest BCUT2D eigenvalue weighted by Crippen LogP contribution is 2.39. The van der Waals surface area contributed by atoms with Gasteiger partial charge in [0.05, 0.1) is 0 Å². The van der Waals surface area contributed by atoms with Gasteiger partial charge < -0.3 is 9.84 Å². The Labute approximate surface area is 141 Å². The Hall–Kier alpha value is -3.03. The van der Waals surface area contributed by atoms with Crippen molar-refractivity contribution in [1.29, 1.82) is 0 Å². The number of phenolic OH excluding ortho intramolecular Hbond substituents is 1. The second kappa shape index (κ2) is 7.03. The van der Waals surface area contributed by atoms with Crippen LogP contribution in [0.1, 0.15) is 24.5 Å². The Balaban J connectivity index is 1.98. The van der Waals surface area contributed by atoms with Crippen molar-refractivity contribution in [2.24, 2.45) is 0 Å². The minimum Gasteiger partial charge on any atom is -0.504 e. The maximum absolute atomic E-state index is 10.9. The first-order chi connectivity index (χ1) is 11.7. The number of rotatable bonds is 4. The summed E-state index contributed by atoms with van der Waals surface area (Å²) >= 11 is 0. The van der Waals surface area contributed by atoms with E-state index in [9.17, 15) is 9.90 Å². The predicted molar refractivity (Wildman–Crippen MR) is 94.9 cm³/mol. The number of aromatic hydroxyl groups is 1. The quantitative estimate of drug-likeness (QED) is 0.820. The van der Waals surface area contributed by atoms with Crippen molar-refractivity contribution in [3.05, 3.63) is 77.4 Å². The molecule has 1 N–H and O–H groups in total. The molecule has 1 aliphatic carbocycles. The smallest absolute Gasteiger partial charge is 0.169 e. The van der Waals surface area contributed by atoms with Crippen LogP contribution in [0.2, 0.25) is 0 Å². The highest BCUT2D eigenvalue weighted by Gasteiger charge is 2.17. The van der Waals surface area contributed by atoms with Crippen LogP contribution in [0.15, 0.2) is 66.3 Å². The maximum atomic E-state index is 10.9. The van der Waals surface area contributed by atoms with Gasteiger partial charge in [-0.2, -0.15) is 0 Å². The van der Waals surface area contributed by atoms with Crippen molar-refractivity contribution < 1.29 is 14.6 Å². The van der Waals surface area contributed by atoms with Gasteiger partial charge in [0.1, 0.15) is 11.7 Å². The summed E-state index contributed by atoms with van der Waals surface area (Å²) in [5.74, 6) is 3.20. The molecule has 1 aliphatic rings. The monoisotopic (exact) mass is 318 g/mol.